The Labute approximate surface area is 198 Å². The molecule has 1 aromatic carbocycles. The molecule has 3 unspecified atom stereocenters. The van der Waals surface area contributed by atoms with Crippen LogP contribution in [0.2, 0.25) is 0 Å². The van der Waals surface area contributed by atoms with Crippen LogP contribution in [-0.2, 0) is 30.3 Å². The van der Waals surface area contributed by atoms with Gasteiger partial charge in [-0.05, 0) is 24.7 Å². The van der Waals surface area contributed by atoms with Gasteiger partial charge in [0.15, 0.2) is 0 Å². The fraction of sp³-hybridized carbons (Fsp3) is 0.636. The fourth-order valence-electron chi connectivity index (χ4n) is 3.20. The first kappa shape index (κ1) is 27.9. The third-order valence-corrected chi connectivity index (χ3v) is 5.02. The number of benzene rings is 1. The van der Waals surface area contributed by atoms with Gasteiger partial charge in [-0.2, -0.15) is 0 Å². The number of hydrogen-bond acceptors (Lipinski definition) is 10. The van der Waals surface area contributed by atoms with Crippen molar-refractivity contribution in [2.75, 3.05) is 46.6 Å². The van der Waals surface area contributed by atoms with Gasteiger partial charge in [-0.25, -0.2) is 0 Å². The van der Waals surface area contributed by atoms with Crippen molar-refractivity contribution in [3.63, 3.8) is 0 Å². The fourth-order valence-corrected chi connectivity index (χ4v) is 3.20. The summed E-state index contributed by atoms with van der Waals surface area (Å²) >= 11 is 0. The van der Waals surface area contributed by atoms with Crippen LogP contribution < -0.4 is 20.7 Å². The summed E-state index contributed by atoms with van der Waals surface area (Å²) in [4.78, 5) is 23.4. The number of nitrogens with one attached hydrogen (secondary N) is 3. The molecule has 1 heterocycles. The monoisotopic (exact) mass is 485 g/mol. The number of amides is 2. The molecule has 0 radical (unpaired) electrons. The van der Waals surface area contributed by atoms with Crippen molar-refractivity contribution < 1.29 is 43.9 Å². The zero-order chi connectivity index (χ0) is 24.9. The van der Waals surface area contributed by atoms with E-state index in [0.717, 1.165) is 12.1 Å². The normalized spacial score (nSPS) is 24.4. The number of rotatable bonds is 14. The van der Waals surface area contributed by atoms with E-state index in [4.69, 9.17) is 18.9 Å². The molecular weight excluding hydrogens is 450 g/mol. The van der Waals surface area contributed by atoms with Gasteiger partial charge in [0.05, 0.1) is 26.4 Å². The molecule has 12 nitrogen and oxygen atoms in total. The summed E-state index contributed by atoms with van der Waals surface area (Å²) in [6.45, 7) is 3.03. The minimum atomic E-state index is -1.39. The average molecular weight is 486 g/mol. The number of hydrogen-bond donors (Lipinski definition) is 6. The van der Waals surface area contributed by atoms with Crippen molar-refractivity contribution in [2.45, 2.75) is 44.1 Å². The third kappa shape index (κ3) is 9.14. The van der Waals surface area contributed by atoms with Gasteiger partial charge in [-0.1, -0.05) is 12.1 Å². The van der Waals surface area contributed by atoms with Gasteiger partial charge in [0.2, 0.25) is 18.1 Å². The molecule has 0 aliphatic carbocycles. The van der Waals surface area contributed by atoms with Crippen molar-refractivity contribution >= 4 is 11.8 Å². The van der Waals surface area contributed by atoms with Crippen LogP contribution in [0.4, 0.5) is 0 Å². The summed E-state index contributed by atoms with van der Waals surface area (Å²) < 4.78 is 21.9. The molecular formula is C22H35N3O9. The van der Waals surface area contributed by atoms with E-state index in [1.54, 1.807) is 24.3 Å². The molecule has 1 saturated heterocycles. The molecule has 1 fully saturated rings. The largest absolute Gasteiger partial charge is 0.463 e. The molecule has 1 aromatic rings. The summed E-state index contributed by atoms with van der Waals surface area (Å²) in [5, 5.41) is 38.0. The number of aliphatic hydroxyl groups is 3. The molecule has 1 aliphatic heterocycles. The van der Waals surface area contributed by atoms with Gasteiger partial charge in [0.25, 0.3) is 0 Å². The first-order valence-corrected chi connectivity index (χ1v) is 11.1. The zero-order valence-electron chi connectivity index (χ0n) is 19.4. The second-order valence-electron chi connectivity index (χ2n) is 7.74. The lowest BCUT2D eigenvalue weighted by Crippen LogP contribution is -2.65. The SMILES string of the molecule is CNCCOCCOCC(=O)NCc1ccc(O[C@@H]2OC(CO)[C@@H](O)C(O)C2NC(C)=O)cc1. The van der Waals surface area contributed by atoms with Crippen LogP contribution in [0.25, 0.3) is 0 Å². The molecule has 6 N–H and O–H groups in total. The zero-order valence-corrected chi connectivity index (χ0v) is 19.4. The van der Waals surface area contributed by atoms with E-state index < -0.39 is 43.2 Å². The Morgan fingerprint density at radius 2 is 1.76 bits per heavy atom. The molecule has 2 rings (SSSR count). The molecule has 34 heavy (non-hydrogen) atoms. The van der Waals surface area contributed by atoms with Crippen LogP contribution in [0.15, 0.2) is 24.3 Å². The number of carbonyl (C=O) groups is 2. The van der Waals surface area contributed by atoms with Crippen molar-refractivity contribution in [1.82, 2.24) is 16.0 Å². The Morgan fingerprint density at radius 3 is 2.41 bits per heavy atom. The molecule has 1 aliphatic rings. The van der Waals surface area contributed by atoms with Gasteiger partial charge in [-0.15, -0.1) is 0 Å². The van der Waals surface area contributed by atoms with E-state index >= 15 is 0 Å². The van der Waals surface area contributed by atoms with E-state index in [1.807, 2.05) is 7.05 Å². The lowest BCUT2D eigenvalue weighted by Gasteiger charge is -2.42. The van der Waals surface area contributed by atoms with E-state index in [9.17, 15) is 24.9 Å². The molecule has 0 bridgehead atoms. The van der Waals surface area contributed by atoms with Gasteiger partial charge < -0.3 is 50.2 Å². The van der Waals surface area contributed by atoms with E-state index in [-0.39, 0.29) is 19.1 Å². The first-order valence-electron chi connectivity index (χ1n) is 11.1. The highest BCUT2D eigenvalue weighted by Crippen LogP contribution is 2.24. The second kappa shape index (κ2) is 14.8. The molecule has 0 spiro atoms. The summed E-state index contributed by atoms with van der Waals surface area (Å²) in [6, 6.07) is 5.71. The molecule has 192 valence electrons. The van der Waals surface area contributed by atoms with E-state index in [2.05, 4.69) is 16.0 Å². The maximum Gasteiger partial charge on any atom is 0.246 e. The maximum absolute atomic E-state index is 11.9. The molecule has 12 heteroatoms. The molecule has 0 aromatic heterocycles. The van der Waals surface area contributed by atoms with E-state index in [0.29, 0.717) is 25.6 Å². The Balaban J connectivity index is 1.80. The number of carbonyl (C=O) groups excluding carboxylic acids is 2. The average Bonchev–Trinajstić information content (AvgIpc) is 2.82. The number of aliphatic hydroxyl groups excluding tert-OH is 3. The van der Waals surface area contributed by atoms with Crippen LogP contribution in [0, 0.1) is 0 Å². The standard InChI is InChI=1S/C22H35N3O9/c1-14(27)25-19-21(30)20(29)17(12-26)34-22(19)33-16-5-3-15(4-6-16)11-24-18(28)13-32-10-9-31-8-7-23-2/h3-6,17,19-23,26,29-30H,7-13H2,1-2H3,(H,24,28)(H,25,27)/t17?,19?,20-,21?,22-/m1/s1. The molecule has 2 amide bonds. The Kier molecular flexibility index (Phi) is 12.2. The smallest absolute Gasteiger partial charge is 0.246 e. The van der Waals surface area contributed by atoms with E-state index in [1.165, 1.54) is 6.92 Å². The van der Waals surface area contributed by atoms with Crippen molar-refractivity contribution in [3.8, 4) is 5.75 Å². The summed E-state index contributed by atoms with van der Waals surface area (Å²) in [5.74, 6) is -0.323. The lowest BCUT2D eigenvalue weighted by atomic mass is 9.97. The van der Waals surface area contributed by atoms with Crippen molar-refractivity contribution in [1.29, 1.82) is 0 Å². The van der Waals surface area contributed by atoms with Crippen molar-refractivity contribution in [3.05, 3.63) is 29.8 Å². The molecule has 0 saturated carbocycles. The topological polar surface area (TPSA) is 168 Å². The van der Waals surface area contributed by atoms with Crippen molar-refractivity contribution in [2.24, 2.45) is 0 Å². The minimum Gasteiger partial charge on any atom is -0.463 e. The predicted molar refractivity (Wildman–Crippen MR) is 120 cm³/mol. The number of likely N-dealkylation sites (N-methyl/N-ethyl adjacent to an activating group) is 1. The van der Waals surface area contributed by atoms with Crippen LogP contribution in [-0.4, -0.2) is 104 Å². The van der Waals surface area contributed by atoms with Crippen LogP contribution in [0.3, 0.4) is 0 Å². The maximum atomic E-state index is 11.9. The predicted octanol–water partition coefficient (Wildman–Crippen LogP) is -2.12. The van der Waals surface area contributed by atoms with Crippen LogP contribution in [0.5, 0.6) is 5.75 Å². The Bertz CT molecular complexity index is 750. The quantitative estimate of drug-likeness (QED) is 0.160. The first-order chi connectivity index (χ1) is 16.3. The minimum absolute atomic E-state index is 0.0691. The highest BCUT2D eigenvalue weighted by molar-refractivity contribution is 5.77. The Hall–Kier alpha value is -2.32. The summed E-state index contributed by atoms with van der Waals surface area (Å²) in [5.41, 5.74) is 0.808. The van der Waals surface area contributed by atoms with Gasteiger partial charge in [0, 0.05) is 20.0 Å². The highest BCUT2D eigenvalue weighted by atomic mass is 16.7. The van der Waals surface area contributed by atoms with Crippen LogP contribution >= 0.6 is 0 Å². The molecule has 5 atom stereocenters. The summed E-state index contributed by atoms with van der Waals surface area (Å²) in [6.07, 6.45) is -4.98. The van der Waals surface area contributed by atoms with Gasteiger partial charge in [0.1, 0.15) is 36.7 Å². The van der Waals surface area contributed by atoms with Gasteiger partial charge in [-0.3, -0.25) is 9.59 Å². The summed E-state index contributed by atoms with van der Waals surface area (Å²) in [7, 11) is 1.84. The second-order valence-corrected chi connectivity index (χ2v) is 7.74. The highest BCUT2D eigenvalue weighted by Gasteiger charge is 2.46. The number of ether oxygens (including phenoxy) is 4. The van der Waals surface area contributed by atoms with Crippen LogP contribution in [0.1, 0.15) is 12.5 Å². The van der Waals surface area contributed by atoms with Gasteiger partial charge >= 0.3 is 0 Å². The Morgan fingerprint density at radius 1 is 1.06 bits per heavy atom. The lowest BCUT2D eigenvalue weighted by molar-refractivity contribution is -0.244. The third-order valence-electron chi connectivity index (χ3n) is 5.02.